The molecule has 0 unspecified atom stereocenters. The Bertz CT molecular complexity index is 224. The van der Waals surface area contributed by atoms with E-state index in [1.165, 1.54) is 7.11 Å². The first-order valence-corrected chi connectivity index (χ1v) is 4.94. The van der Waals surface area contributed by atoms with Crippen LogP contribution in [0.25, 0.3) is 0 Å². The van der Waals surface area contributed by atoms with Gasteiger partial charge in [-0.25, -0.2) is 0 Å². The van der Waals surface area contributed by atoms with Crippen molar-refractivity contribution in [3.8, 4) is 0 Å². The number of esters is 1. The Morgan fingerprint density at radius 2 is 2.00 bits per heavy atom. The first kappa shape index (κ1) is 11.0. The number of aliphatic carboxylic acids is 1. The van der Waals surface area contributed by atoms with Crippen LogP contribution in [0.5, 0.6) is 0 Å². The Labute approximate surface area is 83.2 Å². The molecule has 0 aliphatic heterocycles. The van der Waals surface area contributed by atoms with Crippen molar-refractivity contribution in [1.82, 2.24) is 0 Å². The number of hydrogen-bond acceptors (Lipinski definition) is 3. The first-order valence-electron chi connectivity index (χ1n) is 4.94. The predicted molar refractivity (Wildman–Crippen MR) is 49.7 cm³/mol. The Balaban J connectivity index is 2.58. The summed E-state index contributed by atoms with van der Waals surface area (Å²) in [6.45, 7) is 0. The van der Waals surface area contributed by atoms with E-state index in [9.17, 15) is 9.59 Å². The van der Waals surface area contributed by atoms with Crippen molar-refractivity contribution in [3.05, 3.63) is 0 Å². The third-order valence-electron chi connectivity index (χ3n) is 2.85. The highest BCUT2D eigenvalue weighted by atomic mass is 16.5. The topological polar surface area (TPSA) is 63.6 Å². The second-order valence-electron chi connectivity index (χ2n) is 3.77. The molecule has 0 heterocycles. The molecule has 0 aromatic rings. The first-order chi connectivity index (χ1) is 6.65. The van der Waals surface area contributed by atoms with Crippen molar-refractivity contribution in [2.75, 3.05) is 7.11 Å². The maximum absolute atomic E-state index is 11.3. The number of methoxy groups -OCH3 is 1. The number of rotatable bonds is 3. The van der Waals surface area contributed by atoms with Crippen molar-refractivity contribution in [3.63, 3.8) is 0 Å². The van der Waals surface area contributed by atoms with E-state index in [2.05, 4.69) is 4.74 Å². The lowest BCUT2D eigenvalue weighted by atomic mass is 9.77. The van der Waals surface area contributed by atoms with Gasteiger partial charge < -0.3 is 9.84 Å². The molecule has 0 aromatic heterocycles. The highest BCUT2D eigenvalue weighted by Gasteiger charge is 2.32. The molecule has 1 rings (SSSR count). The Morgan fingerprint density at radius 1 is 1.36 bits per heavy atom. The zero-order valence-electron chi connectivity index (χ0n) is 8.36. The minimum absolute atomic E-state index is 0.0336. The number of ether oxygens (including phenoxy) is 1. The molecule has 80 valence electrons. The van der Waals surface area contributed by atoms with E-state index in [1.54, 1.807) is 0 Å². The van der Waals surface area contributed by atoms with Gasteiger partial charge in [-0.1, -0.05) is 12.8 Å². The fourth-order valence-electron chi connectivity index (χ4n) is 2.14. The zero-order chi connectivity index (χ0) is 10.6. The van der Waals surface area contributed by atoms with E-state index in [-0.39, 0.29) is 24.2 Å². The second-order valence-corrected chi connectivity index (χ2v) is 3.77. The maximum Gasteiger partial charge on any atom is 0.308 e. The summed E-state index contributed by atoms with van der Waals surface area (Å²) >= 11 is 0. The minimum atomic E-state index is -0.828. The zero-order valence-corrected chi connectivity index (χ0v) is 8.36. The van der Waals surface area contributed by atoms with Crippen LogP contribution < -0.4 is 0 Å². The van der Waals surface area contributed by atoms with Crippen LogP contribution in [-0.4, -0.2) is 24.2 Å². The van der Waals surface area contributed by atoms with Crippen molar-refractivity contribution >= 4 is 11.9 Å². The van der Waals surface area contributed by atoms with E-state index in [0.717, 1.165) is 25.7 Å². The fourth-order valence-corrected chi connectivity index (χ4v) is 2.14. The third kappa shape index (κ3) is 2.72. The molecule has 2 atom stereocenters. The molecule has 0 saturated heterocycles. The summed E-state index contributed by atoms with van der Waals surface area (Å²) in [4.78, 5) is 21.9. The van der Waals surface area contributed by atoms with E-state index in [4.69, 9.17) is 5.11 Å². The second kappa shape index (κ2) is 4.98. The molecular weight excluding hydrogens is 184 g/mol. The highest BCUT2D eigenvalue weighted by molar-refractivity contribution is 5.74. The molecule has 1 fully saturated rings. The van der Waals surface area contributed by atoms with Crippen molar-refractivity contribution < 1.29 is 19.4 Å². The van der Waals surface area contributed by atoms with Crippen molar-refractivity contribution in [2.45, 2.75) is 32.1 Å². The van der Waals surface area contributed by atoms with Crippen molar-refractivity contribution in [2.24, 2.45) is 11.8 Å². The van der Waals surface area contributed by atoms with Crippen LogP contribution in [0.15, 0.2) is 0 Å². The lowest BCUT2D eigenvalue weighted by molar-refractivity contribution is -0.150. The summed E-state index contributed by atoms with van der Waals surface area (Å²) in [6, 6.07) is 0. The molecule has 1 aliphatic carbocycles. The van der Waals surface area contributed by atoms with Gasteiger partial charge >= 0.3 is 11.9 Å². The van der Waals surface area contributed by atoms with Crippen LogP contribution in [0.1, 0.15) is 32.1 Å². The van der Waals surface area contributed by atoms with Crippen LogP contribution in [0.3, 0.4) is 0 Å². The molecule has 1 N–H and O–H groups in total. The van der Waals surface area contributed by atoms with E-state index in [0.29, 0.717) is 0 Å². The molecule has 14 heavy (non-hydrogen) atoms. The minimum Gasteiger partial charge on any atom is -0.481 e. The van der Waals surface area contributed by atoms with E-state index >= 15 is 0 Å². The summed E-state index contributed by atoms with van der Waals surface area (Å²) in [7, 11) is 1.36. The SMILES string of the molecule is COC(=O)[C@@H]1CCCC[C@H]1CC(=O)O. The molecule has 0 aromatic carbocycles. The quantitative estimate of drug-likeness (QED) is 0.700. The predicted octanol–water partition coefficient (Wildman–Crippen LogP) is 1.44. The van der Waals surface area contributed by atoms with Gasteiger partial charge in [-0.05, 0) is 18.8 Å². The van der Waals surface area contributed by atoms with Crippen LogP contribution >= 0.6 is 0 Å². The maximum atomic E-state index is 11.3. The molecule has 1 aliphatic rings. The lowest BCUT2D eigenvalue weighted by Crippen LogP contribution is -2.29. The standard InChI is InChI=1S/C10H16O4/c1-14-10(13)8-5-3-2-4-7(8)6-9(11)12/h7-8H,2-6H2,1H3,(H,11,12)/t7-,8+/m0/s1. The van der Waals surface area contributed by atoms with E-state index < -0.39 is 5.97 Å². The Kier molecular flexibility index (Phi) is 3.92. The third-order valence-corrected chi connectivity index (χ3v) is 2.85. The fraction of sp³-hybridized carbons (Fsp3) is 0.800. The summed E-state index contributed by atoms with van der Waals surface area (Å²) in [6.07, 6.45) is 3.69. The van der Waals surface area contributed by atoms with Gasteiger partial charge in [-0.3, -0.25) is 9.59 Å². The molecule has 4 nitrogen and oxygen atoms in total. The van der Waals surface area contributed by atoms with Gasteiger partial charge in [0.15, 0.2) is 0 Å². The van der Waals surface area contributed by atoms with Crippen molar-refractivity contribution in [1.29, 1.82) is 0 Å². The smallest absolute Gasteiger partial charge is 0.308 e. The summed E-state index contributed by atoms with van der Waals surface area (Å²) in [5, 5.41) is 8.69. The number of carbonyl (C=O) groups excluding carboxylic acids is 1. The summed E-state index contributed by atoms with van der Waals surface area (Å²) < 4.78 is 4.67. The monoisotopic (exact) mass is 200 g/mol. The van der Waals surface area contributed by atoms with Gasteiger partial charge in [-0.15, -0.1) is 0 Å². The summed E-state index contributed by atoms with van der Waals surface area (Å²) in [5.41, 5.74) is 0. The molecule has 0 bridgehead atoms. The Morgan fingerprint density at radius 3 is 2.57 bits per heavy atom. The van der Waals surface area contributed by atoms with E-state index in [1.807, 2.05) is 0 Å². The van der Waals surface area contributed by atoms with Crippen LogP contribution in [-0.2, 0) is 14.3 Å². The van der Waals surface area contributed by atoms with Crippen LogP contribution in [0.4, 0.5) is 0 Å². The van der Waals surface area contributed by atoms with Crippen LogP contribution in [0.2, 0.25) is 0 Å². The summed E-state index contributed by atoms with van der Waals surface area (Å²) in [5.74, 6) is -1.32. The lowest BCUT2D eigenvalue weighted by Gasteiger charge is -2.28. The molecule has 0 amide bonds. The van der Waals surface area contributed by atoms with Gasteiger partial charge in [0.2, 0.25) is 0 Å². The molecule has 4 heteroatoms. The Hall–Kier alpha value is -1.06. The van der Waals surface area contributed by atoms with Gasteiger partial charge in [0.05, 0.1) is 13.0 Å². The van der Waals surface area contributed by atoms with Crippen LogP contribution in [0, 0.1) is 11.8 Å². The van der Waals surface area contributed by atoms with Gasteiger partial charge in [0, 0.05) is 6.42 Å². The number of carboxylic acid groups (broad SMARTS) is 1. The largest absolute Gasteiger partial charge is 0.481 e. The van der Waals surface area contributed by atoms with Gasteiger partial charge in [0.25, 0.3) is 0 Å². The normalized spacial score (nSPS) is 26.9. The average Bonchev–Trinajstić information content (AvgIpc) is 2.16. The number of carboxylic acids is 1. The molecule has 1 saturated carbocycles. The molecule has 0 radical (unpaired) electrons. The molecule has 0 spiro atoms. The van der Waals surface area contributed by atoms with Gasteiger partial charge in [-0.2, -0.15) is 0 Å². The van der Waals surface area contributed by atoms with Gasteiger partial charge in [0.1, 0.15) is 0 Å². The molecular formula is C10H16O4. The highest BCUT2D eigenvalue weighted by Crippen LogP contribution is 2.33. The number of carbonyl (C=O) groups is 2. The average molecular weight is 200 g/mol. The number of hydrogen-bond donors (Lipinski definition) is 1.